The van der Waals surface area contributed by atoms with Crippen molar-refractivity contribution in [2.45, 2.75) is 40.7 Å². The minimum Gasteiger partial charge on any atom is -0.383 e. The van der Waals surface area contributed by atoms with Crippen molar-refractivity contribution < 1.29 is 4.74 Å². The smallest absolute Gasteiger partial charge is 0.0589 e. The van der Waals surface area contributed by atoms with Crippen LogP contribution in [0.5, 0.6) is 0 Å². The van der Waals surface area contributed by atoms with Crippen LogP contribution in [0.25, 0.3) is 0 Å². The summed E-state index contributed by atoms with van der Waals surface area (Å²) in [7, 11) is 1.76. The molecule has 0 amide bonds. The molecule has 3 nitrogen and oxygen atoms in total. The molecule has 0 aromatic heterocycles. The summed E-state index contributed by atoms with van der Waals surface area (Å²) >= 11 is 0. The predicted molar refractivity (Wildman–Crippen MR) is 70.9 cm³/mol. The Morgan fingerprint density at radius 2 is 1.94 bits per heavy atom. The van der Waals surface area contributed by atoms with E-state index in [9.17, 15) is 0 Å². The van der Waals surface area contributed by atoms with E-state index in [1.165, 1.54) is 0 Å². The quantitative estimate of drug-likeness (QED) is 0.655. The van der Waals surface area contributed by atoms with Crippen LogP contribution in [-0.2, 0) is 4.74 Å². The van der Waals surface area contributed by atoms with Crippen LogP contribution in [0.4, 0.5) is 0 Å². The molecule has 1 atom stereocenters. The van der Waals surface area contributed by atoms with Gasteiger partial charge in [0.05, 0.1) is 6.61 Å². The second-order valence-corrected chi connectivity index (χ2v) is 5.13. The molecule has 0 spiro atoms. The molecule has 3 heteroatoms. The Labute approximate surface area is 102 Å². The Hall–Kier alpha value is -0.120. The van der Waals surface area contributed by atoms with E-state index < -0.39 is 0 Å². The maximum Gasteiger partial charge on any atom is 0.0589 e. The zero-order valence-electron chi connectivity index (χ0n) is 12.0. The van der Waals surface area contributed by atoms with Crippen LogP contribution >= 0.6 is 0 Å². The first-order chi connectivity index (χ1) is 7.47. The molecule has 0 saturated carbocycles. The third-order valence-electron chi connectivity index (χ3n) is 3.37. The summed E-state index contributed by atoms with van der Waals surface area (Å²) in [5, 5.41) is 3.51. The third kappa shape index (κ3) is 5.83. The molecule has 16 heavy (non-hydrogen) atoms. The highest BCUT2D eigenvalue weighted by atomic mass is 16.5. The van der Waals surface area contributed by atoms with Crippen molar-refractivity contribution in [1.29, 1.82) is 0 Å². The average molecular weight is 230 g/mol. The molecule has 0 aromatic rings. The number of nitrogens with one attached hydrogen (secondary N) is 1. The van der Waals surface area contributed by atoms with Crippen molar-refractivity contribution in [1.82, 2.24) is 10.2 Å². The number of ether oxygens (including phenoxy) is 1. The van der Waals surface area contributed by atoms with Gasteiger partial charge in [0.1, 0.15) is 0 Å². The highest BCUT2D eigenvalue weighted by molar-refractivity contribution is 4.83. The third-order valence-corrected chi connectivity index (χ3v) is 3.37. The second-order valence-electron chi connectivity index (χ2n) is 5.13. The summed E-state index contributed by atoms with van der Waals surface area (Å²) < 4.78 is 5.14. The van der Waals surface area contributed by atoms with Gasteiger partial charge >= 0.3 is 0 Å². The van der Waals surface area contributed by atoms with Gasteiger partial charge in [0.2, 0.25) is 0 Å². The summed E-state index contributed by atoms with van der Waals surface area (Å²) in [5.41, 5.74) is 0.291. The number of methoxy groups -OCH3 is 1. The van der Waals surface area contributed by atoms with Gasteiger partial charge in [-0.1, -0.05) is 27.7 Å². The van der Waals surface area contributed by atoms with E-state index in [2.05, 4.69) is 44.8 Å². The minimum atomic E-state index is 0.291. The van der Waals surface area contributed by atoms with Gasteiger partial charge < -0.3 is 15.0 Å². The Bertz CT molecular complexity index is 171. The Morgan fingerprint density at radius 3 is 2.38 bits per heavy atom. The van der Waals surface area contributed by atoms with Crippen molar-refractivity contribution in [3.05, 3.63) is 0 Å². The largest absolute Gasteiger partial charge is 0.383 e. The van der Waals surface area contributed by atoms with Crippen LogP contribution in [-0.4, -0.2) is 50.8 Å². The molecule has 0 heterocycles. The molecule has 1 unspecified atom stereocenters. The molecular weight excluding hydrogens is 200 g/mol. The number of hydrogen-bond donors (Lipinski definition) is 1. The van der Waals surface area contributed by atoms with Gasteiger partial charge in [0, 0.05) is 26.2 Å². The minimum absolute atomic E-state index is 0.291. The molecule has 0 fully saturated rings. The van der Waals surface area contributed by atoms with Crippen LogP contribution in [0, 0.1) is 5.41 Å². The van der Waals surface area contributed by atoms with E-state index >= 15 is 0 Å². The molecule has 0 radical (unpaired) electrons. The lowest BCUT2D eigenvalue weighted by Gasteiger charge is -2.37. The first-order valence-electron chi connectivity index (χ1n) is 6.42. The SMILES string of the molecule is CCNC(C)C(C)(C)CN(CC)CCOC. The fourth-order valence-electron chi connectivity index (χ4n) is 1.87. The summed E-state index contributed by atoms with van der Waals surface area (Å²) in [6.07, 6.45) is 0. The second kappa shape index (κ2) is 8.04. The summed E-state index contributed by atoms with van der Waals surface area (Å²) in [5.74, 6) is 0. The molecule has 0 aliphatic rings. The number of hydrogen-bond acceptors (Lipinski definition) is 3. The Kier molecular flexibility index (Phi) is 7.98. The molecule has 1 N–H and O–H groups in total. The van der Waals surface area contributed by atoms with Gasteiger partial charge in [0.25, 0.3) is 0 Å². The van der Waals surface area contributed by atoms with Gasteiger partial charge in [0.15, 0.2) is 0 Å². The first-order valence-corrected chi connectivity index (χ1v) is 6.42. The predicted octanol–water partition coefficient (Wildman–Crippen LogP) is 1.98. The lowest BCUT2D eigenvalue weighted by atomic mass is 9.84. The van der Waals surface area contributed by atoms with E-state index in [0.29, 0.717) is 11.5 Å². The normalized spacial score (nSPS) is 14.4. The maximum absolute atomic E-state index is 5.14. The molecule has 0 rings (SSSR count). The molecule has 0 aliphatic carbocycles. The molecule has 0 aliphatic heterocycles. The molecule has 0 bridgehead atoms. The number of rotatable bonds is 9. The van der Waals surface area contributed by atoms with Crippen LogP contribution in [0.2, 0.25) is 0 Å². The fraction of sp³-hybridized carbons (Fsp3) is 1.00. The van der Waals surface area contributed by atoms with E-state index in [1.54, 1.807) is 7.11 Å². The van der Waals surface area contributed by atoms with E-state index in [-0.39, 0.29) is 0 Å². The van der Waals surface area contributed by atoms with E-state index in [1.807, 2.05) is 0 Å². The Balaban J connectivity index is 4.18. The van der Waals surface area contributed by atoms with Crippen LogP contribution in [0.1, 0.15) is 34.6 Å². The number of nitrogens with zero attached hydrogens (tertiary/aromatic N) is 1. The maximum atomic E-state index is 5.14. The zero-order chi connectivity index (χ0) is 12.6. The molecule has 98 valence electrons. The molecule has 0 saturated heterocycles. The van der Waals surface area contributed by atoms with Crippen molar-refractivity contribution >= 4 is 0 Å². The lowest BCUT2D eigenvalue weighted by molar-refractivity contribution is 0.107. The lowest BCUT2D eigenvalue weighted by Crippen LogP contribution is -2.47. The average Bonchev–Trinajstić information content (AvgIpc) is 2.24. The fourth-order valence-corrected chi connectivity index (χ4v) is 1.87. The van der Waals surface area contributed by atoms with Crippen molar-refractivity contribution in [2.75, 3.05) is 39.9 Å². The summed E-state index contributed by atoms with van der Waals surface area (Å²) in [6, 6.07) is 0.536. The van der Waals surface area contributed by atoms with Crippen LogP contribution < -0.4 is 5.32 Å². The highest BCUT2D eigenvalue weighted by Crippen LogP contribution is 2.21. The van der Waals surface area contributed by atoms with Crippen molar-refractivity contribution in [2.24, 2.45) is 5.41 Å². The van der Waals surface area contributed by atoms with Gasteiger partial charge in [-0.15, -0.1) is 0 Å². The number of likely N-dealkylation sites (N-methyl/N-ethyl adjacent to an activating group) is 1. The Morgan fingerprint density at radius 1 is 1.31 bits per heavy atom. The van der Waals surface area contributed by atoms with Gasteiger partial charge in [-0.3, -0.25) is 0 Å². The first kappa shape index (κ1) is 15.9. The monoisotopic (exact) mass is 230 g/mol. The topological polar surface area (TPSA) is 24.5 Å². The van der Waals surface area contributed by atoms with Crippen LogP contribution in [0.3, 0.4) is 0 Å². The van der Waals surface area contributed by atoms with Gasteiger partial charge in [-0.25, -0.2) is 0 Å². The van der Waals surface area contributed by atoms with Crippen molar-refractivity contribution in [3.8, 4) is 0 Å². The molecular formula is C13H30N2O. The van der Waals surface area contributed by atoms with Crippen molar-refractivity contribution in [3.63, 3.8) is 0 Å². The van der Waals surface area contributed by atoms with Gasteiger partial charge in [-0.05, 0) is 25.4 Å². The zero-order valence-corrected chi connectivity index (χ0v) is 12.0. The summed E-state index contributed by atoms with van der Waals surface area (Å²) in [6.45, 7) is 16.4. The highest BCUT2D eigenvalue weighted by Gasteiger charge is 2.27. The summed E-state index contributed by atoms with van der Waals surface area (Å²) in [4.78, 5) is 2.46. The van der Waals surface area contributed by atoms with Gasteiger partial charge in [-0.2, -0.15) is 0 Å². The molecule has 0 aromatic carbocycles. The standard InChI is InChI=1S/C13H30N2O/c1-7-14-12(3)13(4,5)11-15(8-2)9-10-16-6/h12,14H,7-11H2,1-6H3. The van der Waals surface area contributed by atoms with E-state index in [0.717, 1.165) is 32.8 Å². The van der Waals surface area contributed by atoms with E-state index in [4.69, 9.17) is 4.74 Å². The van der Waals surface area contributed by atoms with Crippen LogP contribution in [0.15, 0.2) is 0 Å².